The maximum atomic E-state index is 11.7. The first-order valence-corrected chi connectivity index (χ1v) is 5.58. The van der Waals surface area contributed by atoms with E-state index >= 15 is 0 Å². The largest absolute Gasteiger partial charge is 0.507 e. The molecule has 0 saturated carbocycles. The maximum Gasteiger partial charge on any atom is 0.314 e. The number of phenolic OH excluding ortho intramolecular Hbond substituents is 1. The van der Waals surface area contributed by atoms with Gasteiger partial charge in [-0.1, -0.05) is 12.1 Å². The summed E-state index contributed by atoms with van der Waals surface area (Å²) < 4.78 is 0. The van der Waals surface area contributed by atoms with Gasteiger partial charge in [-0.2, -0.15) is 0 Å². The maximum absolute atomic E-state index is 11.7. The predicted octanol–water partition coefficient (Wildman–Crippen LogP) is 0.359. The van der Waals surface area contributed by atoms with E-state index in [9.17, 15) is 14.7 Å². The molecule has 0 saturated heterocycles. The topological polar surface area (TPSA) is 90.5 Å². The summed E-state index contributed by atoms with van der Waals surface area (Å²) in [6, 6.07) is 4.67. The molecular formula is C12H17N3O3. The molecule has 0 fully saturated rings. The molecule has 0 aliphatic carbocycles. The fraction of sp³-hybridized carbons (Fsp3) is 0.333. The number of aryl methyl sites for hydroxylation is 1. The van der Waals surface area contributed by atoms with Crippen LogP contribution in [0.25, 0.3) is 0 Å². The minimum atomic E-state index is -0.366. The number of hydrogen-bond donors (Lipinski definition) is 4. The third-order valence-corrected chi connectivity index (χ3v) is 2.41. The number of carbonyl (C=O) groups excluding carboxylic acids is 2. The molecule has 0 atom stereocenters. The molecule has 3 amide bonds. The fourth-order valence-electron chi connectivity index (χ4n) is 1.38. The second-order valence-electron chi connectivity index (χ2n) is 3.73. The lowest BCUT2D eigenvalue weighted by molar-refractivity contribution is 0.0951. The van der Waals surface area contributed by atoms with E-state index in [-0.39, 0.29) is 23.3 Å². The van der Waals surface area contributed by atoms with Gasteiger partial charge in [0.25, 0.3) is 5.91 Å². The monoisotopic (exact) mass is 251 g/mol. The van der Waals surface area contributed by atoms with Gasteiger partial charge in [-0.25, -0.2) is 4.79 Å². The standard InChI is InChI=1S/C12H17N3O3/c1-8-4-3-5-9(10(8)16)11(17)14-6-7-15-12(18)13-2/h3-5,16H,6-7H2,1-2H3,(H,14,17)(H2,13,15,18). The highest BCUT2D eigenvalue weighted by molar-refractivity contribution is 5.97. The van der Waals surface area contributed by atoms with E-state index in [1.165, 1.54) is 7.05 Å². The lowest BCUT2D eigenvalue weighted by Crippen LogP contribution is -2.38. The lowest BCUT2D eigenvalue weighted by Gasteiger charge is -2.09. The average Bonchev–Trinajstić information content (AvgIpc) is 2.37. The van der Waals surface area contributed by atoms with Crippen LogP contribution in [0.1, 0.15) is 15.9 Å². The lowest BCUT2D eigenvalue weighted by atomic mass is 10.1. The Morgan fingerprint density at radius 1 is 1.22 bits per heavy atom. The van der Waals surface area contributed by atoms with Gasteiger partial charge in [0.05, 0.1) is 5.56 Å². The molecule has 6 nitrogen and oxygen atoms in total. The van der Waals surface area contributed by atoms with Crippen molar-refractivity contribution >= 4 is 11.9 Å². The molecule has 0 bridgehead atoms. The van der Waals surface area contributed by atoms with Crippen molar-refractivity contribution in [1.82, 2.24) is 16.0 Å². The molecular weight excluding hydrogens is 234 g/mol. The van der Waals surface area contributed by atoms with Crippen molar-refractivity contribution in [3.8, 4) is 5.75 Å². The van der Waals surface area contributed by atoms with Crippen molar-refractivity contribution in [1.29, 1.82) is 0 Å². The first kappa shape index (κ1) is 13.8. The molecule has 0 heterocycles. The van der Waals surface area contributed by atoms with E-state index in [0.717, 1.165) is 0 Å². The summed E-state index contributed by atoms with van der Waals surface area (Å²) in [5.41, 5.74) is 0.876. The molecule has 0 spiro atoms. The van der Waals surface area contributed by atoms with E-state index in [0.29, 0.717) is 18.7 Å². The fourth-order valence-corrected chi connectivity index (χ4v) is 1.38. The Balaban J connectivity index is 2.46. The highest BCUT2D eigenvalue weighted by Crippen LogP contribution is 2.20. The summed E-state index contributed by atoms with van der Waals surface area (Å²) in [7, 11) is 1.51. The van der Waals surface area contributed by atoms with Crippen LogP contribution in [-0.2, 0) is 0 Å². The Morgan fingerprint density at radius 2 is 1.89 bits per heavy atom. The van der Waals surface area contributed by atoms with Crippen molar-refractivity contribution in [2.75, 3.05) is 20.1 Å². The van der Waals surface area contributed by atoms with Gasteiger partial charge >= 0.3 is 6.03 Å². The van der Waals surface area contributed by atoms with Crippen LogP contribution in [-0.4, -0.2) is 37.2 Å². The van der Waals surface area contributed by atoms with Gasteiger partial charge in [0.15, 0.2) is 0 Å². The second kappa shape index (κ2) is 6.48. The molecule has 0 unspecified atom stereocenters. The molecule has 18 heavy (non-hydrogen) atoms. The van der Waals surface area contributed by atoms with Crippen molar-refractivity contribution in [2.45, 2.75) is 6.92 Å². The molecule has 0 radical (unpaired) electrons. The summed E-state index contributed by atoms with van der Waals surface area (Å²) in [5.74, 6) is -0.385. The summed E-state index contributed by atoms with van der Waals surface area (Å²) in [6.07, 6.45) is 0. The van der Waals surface area contributed by atoms with Gasteiger partial charge in [-0.3, -0.25) is 4.79 Å². The Labute approximate surface area is 105 Å². The number of urea groups is 1. The minimum absolute atomic E-state index is 0.0192. The number of carbonyl (C=O) groups is 2. The van der Waals surface area contributed by atoms with Crippen LogP contribution >= 0.6 is 0 Å². The van der Waals surface area contributed by atoms with Gasteiger partial charge in [0.1, 0.15) is 5.75 Å². The van der Waals surface area contributed by atoms with Crippen LogP contribution in [0.3, 0.4) is 0 Å². The number of phenols is 1. The number of benzene rings is 1. The number of rotatable bonds is 4. The number of amides is 3. The zero-order valence-corrected chi connectivity index (χ0v) is 10.4. The number of para-hydroxylation sites is 1. The molecule has 1 aromatic carbocycles. The Hall–Kier alpha value is -2.24. The SMILES string of the molecule is CNC(=O)NCCNC(=O)c1cccc(C)c1O. The molecule has 1 aromatic rings. The molecule has 0 aliphatic heterocycles. The molecule has 4 N–H and O–H groups in total. The first-order chi connectivity index (χ1) is 8.56. The van der Waals surface area contributed by atoms with E-state index in [2.05, 4.69) is 16.0 Å². The van der Waals surface area contributed by atoms with Crippen LogP contribution in [0.5, 0.6) is 5.75 Å². The van der Waals surface area contributed by atoms with E-state index in [1.54, 1.807) is 25.1 Å². The third kappa shape index (κ3) is 3.65. The minimum Gasteiger partial charge on any atom is -0.507 e. The zero-order valence-electron chi connectivity index (χ0n) is 10.4. The molecule has 1 rings (SSSR count). The van der Waals surface area contributed by atoms with E-state index in [4.69, 9.17) is 0 Å². The van der Waals surface area contributed by atoms with Crippen molar-refractivity contribution in [3.63, 3.8) is 0 Å². The summed E-state index contributed by atoms with van der Waals surface area (Å²) in [5, 5.41) is 17.3. The third-order valence-electron chi connectivity index (χ3n) is 2.41. The Bertz CT molecular complexity index is 446. The van der Waals surface area contributed by atoms with Crippen LogP contribution < -0.4 is 16.0 Å². The Kier molecular flexibility index (Phi) is 4.98. The second-order valence-corrected chi connectivity index (χ2v) is 3.73. The van der Waals surface area contributed by atoms with E-state index in [1.807, 2.05) is 0 Å². The van der Waals surface area contributed by atoms with Crippen molar-refractivity contribution < 1.29 is 14.7 Å². The van der Waals surface area contributed by atoms with Gasteiger partial charge < -0.3 is 21.1 Å². The smallest absolute Gasteiger partial charge is 0.314 e. The van der Waals surface area contributed by atoms with Crippen LogP contribution in [0.4, 0.5) is 4.79 Å². The molecule has 0 aromatic heterocycles. The first-order valence-electron chi connectivity index (χ1n) is 5.58. The summed E-state index contributed by atoms with van der Waals surface area (Å²) >= 11 is 0. The van der Waals surface area contributed by atoms with Crippen LogP contribution in [0.2, 0.25) is 0 Å². The van der Waals surface area contributed by atoms with Crippen LogP contribution in [0.15, 0.2) is 18.2 Å². The molecule has 98 valence electrons. The predicted molar refractivity (Wildman–Crippen MR) is 67.6 cm³/mol. The average molecular weight is 251 g/mol. The summed E-state index contributed by atoms with van der Waals surface area (Å²) in [6.45, 7) is 2.33. The number of aromatic hydroxyl groups is 1. The van der Waals surface area contributed by atoms with Gasteiger partial charge in [-0.15, -0.1) is 0 Å². The number of nitrogens with one attached hydrogen (secondary N) is 3. The van der Waals surface area contributed by atoms with Crippen molar-refractivity contribution in [3.05, 3.63) is 29.3 Å². The zero-order chi connectivity index (χ0) is 13.5. The highest BCUT2D eigenvalue weighted by Gasteiger charge is 2.11. The molecule has 6 heteroatoms. The number of hydrogen-bond acceptors (Lipinski definition) is 3. The van der Waals surface area contributed by atoms with Gasteiger partial charge in [0, 0.05) is 20.1 Å². The normalized spacial score (nSPS) is 9.67. The Morgan fingerprint density at radius 3 is 2.56 bits per heavy atom. The van der Waals surface area contributed by atoms with E-state index < -0.39 is 0 Å². The van der Waals surface area contributed by atoms with Crippen LogP contribution in [0, 0.1) is 6.92 Å². The summed E-state index contributed by atoms with van der Waals surface area (Å²) in [4.78, 5) is 22.6. The highest BCUT2D eigenvalue weighted by atomic mass is 16.3. The molecule has 0 aliphatic rings. The van der Waals surface area contributed by atoms with Gasteiger partial charge in [0.2, 0.25) is 0 Å². The quantitative estimate of drug-likeness (QED) is 0.582. The van der Waals surface area contributed by atoms with Crippen molar-refractivity contribution in [2.24, 2.45) is 0 Å². The van der Waals surface area contributed by atoms with Gasteiger partial charge in [-0.05, 0) is 18.6 Å².